The van der Waals surface area contributed by atoms with Crippen LogP contribution >= 0.6 is 15.9 Å². The van der Waals surface area contributed by atoms with Gasteiger partial charge in [0.05, 0.1) is 5.56 Å². The summed E-state index contributed by atoms with van der Waals surface area (Å²) in [6.07, 6.45) is 5.74. The van der Waals surface area contributed by atoms with Gasteiger partial charge in [0, 0.05) is 10.5 Å². The summed E-state index contributed by atoms with van der Waals surface area (Å²) in [4.78, 5) is 0. The zero-order chi connectivity index (χ0) is 13.0. The number of halogens is 1. The minimum atomic E-state index is 0.0901. The molecule has 1 aliphatic carbocycles. The summed E-state index contributed by atoms with van der Waals surface area (Å²) in [5.41, 5.74) is 6.75. The van der Waals surface area contributed by atoms with Gasteiger partial charge in [-0.1, -0.05) is 12.8 Å². The second kappa shape index (κ2) is 6.21. The van der Waals surface area contributed by atoms with Crippen LogP contribution in [0.2, 0.25) is 0 Å². The van der Waals surface area contributed by atoms with Crippen LogP contribution in [0.15, 0.2) is 22.7 Å². The van der Waals surface area contributed by atoms with E-state index in [-0.39, 0.29) is 12.1 Å². The maximum Gasteiger partial charge on any atom is 0.121 e. The van der Waals surface area contributed by atoms with Crippen molar-refractivity contribution in [2.24, 2.45) is 5.73 Å². The number of ether oxygens (including phenoxy) is 1. The molecule has 0 bridgehead atoms. The lowest BCUT2D eigenvalue weighted by Crippen LogP contribution is -2.37. The third-order valence-corrected chi connectivity index (χ3v) is 4.01. The zero-order valence-electron chi connectivity index (χ0n) is 10.2. The van der Waals surface area contributed by atoms with Gasteiger partial charge in [0.25, 0.3) is 0 Å². The Morgan fingerprint density at radius 2 is 2.06 bits per heavy atom. The van der Waals surface area contributed by atoms with Crippen LogP contribution in [-0.2, 0) is 0 Å². The van der Waals surface area contributed by atoms with Crippen molar-refractivity contribution in [3.05, 3.63) is 28.2 Å². The second-order valence-corrected chi connectivity index (χ2v) is 5.57. The summed E-state index contributed by atoms with van der Waals surface area (Å²) in [6, 6.07) is 7.67. The largest absolute Gasteiger partial charge is 0.489 e. The van der Waals surface area contributed by atoms with Gasteiger partial charge in [0.1, 0.15) is 17.9 Å². The van der Waals surface area contributed by atoms with Gasteiger partial charge in [0.15, 0.2) is 0 Å². The van der Waals surface area contributed by atoms with E-state index in [4.69, 9.17) is 15.7 Å². The Bertz CT molecular complexity index is 456. The molecule has 0 amide bonds. The van der Waals surface area contributed by atoms with Crippen LogP contribution in [0.4, 0.5) is 0 Å². The van der Waals surface area contributed by atoms with E-state index >= 15 is 0 Å². The minimum absolute atomic E-state index is 0.0901. The zero-order valence-corrected chi connectivity index (χ0v) is 11.8. The summed E-state index contributed by atoms with van der Waals surface area (Å²) in [5.74, 6) is 0.781. The topological polar surface area (TPSA) is 59.0 Å². The first-order valence-electron chi connectivity index (χ1n) is 6.32. The average Bonchev–Trinajstić information content (AvgIpc) is 2.55. The molecule has 4 heteroatoms. The lowest BCUT2D eigenvalue weighted by molar-refractivity contribution is 0.162. The van der Waals surface area contributed by atoms with Crippen molar-refractivity contribution in [3.63, 3.8) is 0 Å². The van der Waals surface area contributed by atoms with E-state index in [1.165, 1.54) is 19.3 Å². The van der Waals surface area contributed by atoms with Crippen molar-refractivity contribution in [1.29, 1.82) is 5.26 Å². The number of hydrogen-bond donors (Lipinski definition) is 1. The van der Waals surface area contributed by atoms with Gasteiger partial charge < -0.3 is 10.5 Å². The lowest BCUT2D eigenvalue weighted by Gasteiger charge is -2.23. The number of nitrogens with zero attached hydrogens (tertiary/aromatic N) is 1. The highest BCUT2D eigenvalue weighted by molar-refractivity contribution is 9.10. The van der Waals surface area contributed by atoms with Crippen molar-refractivity contribution in [2.45, 2.75) is 44.2 Å². The van der Waals surface area contributed by atoms with Crippen LogP contribution in [0.25, 0.3) is 0 Å². The van der Waals surface area contributed by atoms with E-state index in [0.717, 1.165) is 23.1 Å². The maximum atomic E-state index is 8.87. The maximum absolute atomic E-state index is 8.87. The molecule has 1 aromatic rings. The molecule has 0 aromatic heterocycles. The SMILES string of the molecule is N#Cc1ccc(OC2CCCCCC2N)cc1Br. The highest BCUT2D eigenvalue weighted by atomic mass is 79.9. The third kappa shape index (κ3) is 3.24. The van der Waals surface area contributed by atoms with Crippen LogP contribution in [-0.4, -0.2) is 12.1 Å². The molecular weight excluding hydrogens is 292 g/mol. The van der Waals surface area contributed by atoms with E-state index in [1.54, 1.807) is 6.07 Å². The monoisotopic (exact) mass is 308 g/mol. The summed E-state index contributed by atoms with van der Waals surface area (Å²) in [6.45, 7) is 0. The first-order valence-corrected chi connectivity index (χ1v) is 7.12. The number of nitrogens with two attached hydrogens (primary N) is 1. The molecule has 0 saturated heterocycles. The fraction of sp³-hybridized carbons (Fsp3) is 0.500. The van der Waals surface area contributed by atoms with Crippen LogP contribution in [0.1, 0.15) is 37.7 Å². The lowest BCUT2D eigenvalue weighted by atomic mass is 10.1. The molecule has 96 valence electrons. The molecule has 0 aliphatic heterocycles. The van der Waals surface area contributed by atoms with E-state index in [9.17, 15) is 0 Å². The summed E-state index contributed by atoms with van der Waals surface area (Å²) in [5, 5.41) is 8.87. The van der Waals surface area contributed by atoms with Gasteiger partial charge in [-0.05, 0) is 53.4 Å². The van der Waals surface area contributed by atoms with Crippen molar-refractivity contribution in [1.82, 2.24) is 0 Å². The highest BCUT2D eigenvalue weighted by Crippen LogP contribution is 2.26. The molecule has 2 rings (SSSR count). The quantitative estimate of drug-likeness (QED) is 0.852. The normalized spacial score (nSPS) is 24.1. The number of rotatable bonds is 2. The van der Waals surface area contributed by atoms with E-state index < -0.39 is 0 Å². The third-order valence-electron chi connectivity index (χ3n) is 3.35. The predicted molar refractivity (Wildman–Crippen MR) is 74.3 cm³/mol. The Labute approximate surface area is 116 Å². The van der Waals surface area contributed by atoms with Crippen molar-refractivity contribution in [3.8, 4) is 11.8 Å². The fourth-order valence-corrected chi connectivity index (χ4v) is 2.73. The smallest absolute Gasteiger partial charge is 0.121 e. The summed E-state index contributed by atoms with van der Waals surface area (Å²) in [7, 11) is 0. The van der Waals surface area contributed by atoms with Crippen molar-refractivity contribution < 1.29 is 4.74 Å². The molecule has 0 spiro atoms. The fourth-order valence-electron chi connectivity index (χ4n) is 2.28. The van der Waals surface area contributed by atoms with Crippen molar-refractivity contribution in [2.75, 3.05) is 0 Å². The molecule has 2 N–H and O–H groups in total. The second-order valence-electron chi connectivity index (χ2n) is 4.71. The number of nitriles is 1. The highest BCUT2D eigenvalue weighted by Gasteiger charge is 2.22. The van der Waals surface area contributed by atoms with Crippen LogP contribution < -0.4 is 10.5 Å². The molecule has 1 aromatic carbocycles. The minimum Gasteiger partial charge on any atom is -0.489 e. The van der Waals surface area contributed by atoms with Gasteiger partial charge in [-0.15, -0.1) is 0 Å². The van der Waals surface area contributed by atoms with Crippen LogP contribution in [0.5, 0.6) is 5.75 Å². The Hall–Kier alpha value is -1.05. The summed E-state index contributed by atoms with van der Waals surface area (Å²) < 4.78 is 6.73. The Morgan fingerprint density at radius 1 is 1.28 bits per heavy atom. The standard InChI is InChI=1S/C14H17BrN2O/c15-12-8-11(7-6-10(12)9-16)18-14-5-3-1-2-4-13(14)17/h6-8,13-14H,1-5,17H2. The molecule has 3 nitrogen and oxygen atoms in total. The molecule has 0 radical (unpaired) electrons. The van der Waals surface area contributed by atoms with E-state index in [2.05, 4.69) is 22.0 Å². The Balaban J connectivity index is 2.08. The molecule has 1 aliphatic rings. The van der Waals surface area contributed by atoms with Gasteiger partial charge >= 0.3 is 0 Å². The van der Waals surface area contributed by atoms with Gasteiger partial charge in [-0.2, -0.15) is 5.26 Å². The molecule has 2 unspecified atom stereocenters. The molecular formula is C14H17BrN2O. The number of benzene rings is 1. The predicted octanol–water partition coefficient (Wildman–Crippen LogP) is 3.36. The molecule has 1 saturated carbocycles. The summed E-state index contributed by atoms with van der Waals surface area (Å²) >= 11 is 3.37. The van der Waals surface area contributed by atoms with Crippen LogP contribution in [0.3, 0.4) is 0 Å². The van der Waals surface area contributed by atoms with Crippen LogP contribution in [0, 0.1) is 11.3 Å². The molecule has 1 fully saturated rings. The molecule has 18 heavy (non-hydrogen) atoms. The molecule has 0 heterocycles. The van der Waals surface area contributed by atoms with Crippen molar-refractivity contribution >= 4 is 15.9 Å². The van der Waals surface area contributed by atoms with Gasteiger partial charge in [-0.3, -0.25) is 0 Å². The average molecular weight is 309 g/mol. The molecule has 2 atom stereocenters. The van der Waals surface area contributed by atoms with E-state index in [1.807, 2.05) is 12.1 Å². The Kier molecular flexibility index (Phi) is 4.62. The first-order chi connectivity index (χ1) is 8.70. The van der Waals surface area contributed by atoms with Gasteiger partial charge in [-0.25, -0.2) is 0 Å². The van der Waals surface area contributed by atoms with E-state index in [0.29, 0.717) is 5.56 Å². The Morgan fingerprint density at radius 3 is 2.78 bits per heavy atom. The first kappa shape index (κ1) is 13.4. The number of hydrogen-bond acceptors (Lipinski definition) is 3. The van der Waals surface area contributed by atoms with Gasteiger partial charge in [0.2, 0.25) is 0 Å².